The Kier molecular flexibility index (Phi) is 10.5. The maximum atomic E-state index is 13.0. The molecular formula is C25H28ClN5O7S2. The number of carboxylic acid groups (broad SMARTS) is 1. The predicted octanol–water partition coefficient (Wildman–Crippen LogP) is 2.63. The molecule has 0 radical (unpaired) electrons. The average molecular weight is 610 g/mol. The van der Waals surface area contributed by atoms with E-state index in [1.54, 1.807) is 16.8 Å². The standard InChI is InChI=1S/C24H26ClN5O5S2.CH2O2/c1-14(31)22(26)24(32)27-12-15-5-3-6-16(11-15)13-30-17-7-4-8-18(35-2)21(17)23(28-30)29-37(33,34)20-10-9-19(25)36-20;2-1-3/h3-11,14,22,31H,12-13,26H2,1-2H3,(H,27,32)(H,28,29);1H,(H,2,3)/t14-,22-;/m1./s1. The zero-order valence-electron chi connectivity index (χ0n) is 21.4. The third kappa shape index (κ3) is 7.49. The van der Waals surface area contributed by atoms with Gasteiger partial charge in [0.25, 0.3) is 16.5 Å². The van der Waals surface area contributed by atoms with Crippen LogP contribution < -0.4 is 20.5 Å². The number of carbonyl (C=O) groups is 2. The number of sulfonamides is 1. The molecule has 2 aromatic carbocycles. The number of carbonyl (C=O) groups excluding carboxylic acids is 1. The number of hydrogen-bond acceptors (Lipinski definition) is 9. The number of fused-ring (bicyclic) bond motifs is 1. The van der Waals surface area contributed by atoms with E-state index in [9.17, 15) is 18.3 Å². The topological polar surface area (TPSA) is 186 Å². The Morgan fingerprint density at radius 3 is 2.52 bits per heavy atom. The average Bonchev–Trinajstić information content (AvgIpc) is 3.51. The first-order valence-electron chi connectivity index (χ1n) is 11.7. The molecule has 40 heavy (non-hydrogen) atoms. The summed E-state index contributed by atoms with van der Waals surface area (Å²) in [6.07, 6.45) is -0.958. The number of nitrogens with zero attached hydrogens (tertiary/aromatic N) is 2. The second kappa shape index (κ2) is 13.6. The first-order chi connectivity index (χ1) is 19.0. The van der Waals surface area contributed by atoms with Crippen molar-refractivity contribution in [2.24, 2.45) is 5.73 Å². The Morgan fingerprint density at radius 2 is 1.90 bits per heavy atom. The Hall–Kier alpha value is -3.69. The Bertz CT molecular complexity index is 1590. The number of aromatic nitrogens is 2. The predicted molar refractivity (Wildman–Crippen MR) is 152 cm³/mol. The maximum Gasteiger partial charge on any atom is 0.290 e. The number of benzene rings is 2. The fraction of sp³-hybridized carbons (Fsp3) is 0.240. The molecule has 6 N–H and O–H groups in total. The van der Waals surface area contributed by atoms with Gasteiger partial charge in [-0.2, -0.15) is 5.10 Å². The van der Waals surface area contributed by atoms with Crippen molar-refractivity contribution < 1.29 is 33.0 Å². The molecule has 1 amide bonds. The third-order valence-corrected chi connectivity index (χ3v) is 8.68. The number of halogens is 1. The summed E-state index contributed by atoms with van der Waals surface area (Å²) in [6.45, 7) is 1.76. The number of hydrogen-bond donors (Lipinski definition) is 5. The monoisotopic (exact) mass is 609 g/mol. The number of aliphatic hydroxyl groups excluding tert-OH is 1. The minimum absolute atomic E-state index is 0.0696. The molecule has 0 aliphatic rings. The molecule has 214 valence electrons. The van der Waals surface area contributed by atoms with E-state index in [-0.39, 0.29) is 23.0 Å². The van der Waals surface area contributed by atoms with Crippen LogP contribution in [0.1, 0.15) is 18.1 Å². The van der Waals surface area contributed by atoms with Gasteiger partial charge in [-0.3, -0.25) is 19.0 Å². The van der Waals surface area contributed by atoms with E-state index < -0.39 is 28.1 Å². The van der Waals surface area contributed by atoms with Gasteiger partial charge in [0.05, 0.1) is 35.0 Å². The van der Waals surface area contributed by atoms with E-state index >= 15 is 0 Å². The minimum Gasteiger partial charge on any atom is -0.496 e. The highest BCUT2D eigenvalue weighted by Crippen LogP contribution is 2.35. The fourth-order valence-electron chi connectivity index (χ4n) is 3.72. The largest absolute Gasteiger partial charge is 0.496 e. The summed E-state index contributed by atoms with van der Waals surface area (Å²) in [5, 5.41) is 24.2. The first kappa shape index (κ1) is 30.8. The third-order valence-electron chi connectivity index (χ3n) is 5.62. The molecule has 4 rings (SSSR count). The molecule has 0 spiro atoms. The molecule has 2 atom stereocenters. The quantitative estimate of drug-likeness (QED) is 0.168. The lowest BCUT2D eigenvalue weighted by Crippen LogP contribution is -2.46. The SMILES string of the molecule is COc1cccc2c1c(NS(=O)(=O)c1ccc(Cl)s1)nn2Cc1cccc(CNC(=O)[C@H](N)[C@@H](C)O)c1.O=CO. The zero-order valence-corrected chi connectivity index (χ0v) is 23.8. The van der Waals surface area contributed by atoms with Crippen molar-refractivity contribution in [1.82, 2.24) is 15.1 Å². The molecule has 0 saturated heterocycles. The lowest BCUT2D eigenvalue weighted by atomic mass is 10.1. The lowest BCUT2D eigenvalue weighted by molar-refractivity contribution is -0.125. The van der Waals surface area contributed by atoms with E-state index in [1.165, 1.54) is 26.2 Å². The van der Waals surface area contributed by atoms with E-state index in [0.717, 1.165) is 22.5 Å². The smallest absolute Gasteiger partial charge is 0.290 e. The van der Waals surface area contributed by atoms with Crippen molar-refractivity contribution in [2.45, 2.75) is 36.4 Å². The molecule has 2 heterocycles. The summed E-state index contributed by atoms with van der Waals surface area (Å²) in [7, 11) is -2.41. The molecular weight excluding hydrogens is 582 g/mol. The van der Waals surface area contributed by atoms with Gasteiger partial charge in [0.1, 0.15) is 16.0 Å². The number of nitrogens with two attached hydrogens (primary N) is 1. The van der Waals surface area contributed by atoms with Crippen molar-refractivity contribution >= 4 is 62.1 Å². The minimum atomic E-state index is -3.92. The van der Waals surface area contributed by atoms with Crippen LogP contribution in [-0.4, -0.2) is 60.0 Å². The maximum absolute atomic E-state index is 13.0. The molecule has 12 nitrogen and oxygen atoms in total. The summed E-state index contributed by atoms with van der Waals surface area (Å²) < 4.78 is 36.1. The number of thiophene rings is 1. The Morgan fingerprint density at radius 1 is 1.23 bits per heavy atom. The molecule has 0 unspecified atom stereocenters. The van der Waals surface area contributed by atoms with Crippen LogP contribution in [-0.2, 0) is 32.7 Å². The van der Waals surface area contributed by atoms with E-state index in [4.69, 9.17) is 32.0 Å². The number of methoxy groups -OCH3 is 1. The molecule has 0 saturated carbocycles. The van der Waals surface area contributed by atoms with E-state index in [1.807, 2.05) is 30.3 Å². The van der Waals surface area contributed by atoms with Crippen LogP contribution in [0.3, 0.4) is 0 Å². The zero-order chi connectivity index (χ0) is 29.4. The number of ether oxygens (including phenoxy) is 1. The van der Waals surface area contributed by atoms with Crippen LogP contribution in [0.4, 0.5) is 5.82 Å². The van der Waals surface area contributed by atoms with Crippen LogP contribution in [0.25, 0.3) is 10.9 Å². The second-order valence-electron chi connectivity index (χ2n) is 8.43. The highest BCUT2D eigenvalue weighted by molar-refractivity contribution is 7.94. The number of amides is 1. The van der Waals surface area contributed by atoms with Crippen LogP contribution in [0.15, 0.2) is 58.8 Å². The van der Waals surface area contributed by atoms with Gasteiger partial charge in [-0.15, -0.1) is 11.3 Å². The normalized spacial score (nSPS) is 12.6. The van der Waals surface area contributed by atoms with Gasteiger partial charge in [0.15, 0.2) is 5.82 Å². The molecule has 0 aliphatic heterocycles. The van der Waals surface area contributed by atoms with Crippen LogP contribution in [0.2, 0.25) is 4.34 Å². The fourth-order valence-corrected chi connectivity index (χ4v) is 6.21. The van der Waals surface area contributed by atoms with Crippen LogP contribution in [0, 0.1) is 0 Å². The van der Waals surface area contributed by atoms with Gasteiger partial charge >= 0.3 is 0 Å². The van der Waals surface area contributed by atoms with Crippen molar-refractivity contribution in [2.75, 3.05) is 11.8 Å². The lowest BCUT2D eigenvalue weighted by Gasteiger charge is -2.15. The summed E-state index contributed by atoms with van der Waals surface area (Å²) in [6, 6.07) is 14.8. The van der Waals surface area contributed by atoms with Crippen molar-refractivity contribution in [3.63, 3.8) is 0 Å². The van der Waals surface area contributed by atoms with Crippen LogP contribution in [0.5, 0.6) is 5.75 Å². The van der Waals surface area contributed by atoms with Gasteiger partial charge in [-0.1, -0.05) is 41.9 Å². The number of nitrogens with one attached hydrogen (secondary N) is 2. The number of aliphatic hydroxyl groups is 1. The van der Waals surface area contributed by atoms with Crippen molar-refractivity contribution in [3.8, 4) is 5.75 Å². The molecule has 0 bridgehead atoms. The van der Waals surface area contributed by atoms with Gasteiger partial charge in [0.2, 0.25) is 5.91 Å². The van der Waals surface area contributed by atoms with Gasteiger partial charge < -0.3 is 26.0 Å². The van der Waals surface area contributed by atoms with Crippen molar-refractivity contribution in [1.29, 1.82) is 0 Å². The summed E-state index contributed by atoms with van der Waals surface area (Å²) >= 11 is 6.88. The van der Waals surface area contributed by atoms with E-state index in [0.29, 0.717) is 27.5 Å². The second-order valence-corrected chi connectivity index (χ2v) is 12.1. The van der Waals surface area contributed by atoms with Gasteiger partial charge in [-0.25, -0.2) is 8.42 Å². The van der Waals surface area contributed by atoms with Crippen molar-refractivity contribution in [3.05, 3.63) is 70.1 Å². The molecule has 2 aromatic heterocycles. The number of anilines is 1. The van der Waals surface area contributed by atoms with Crippen LogP contribution >= 0.6 is 22.9 Å². The first-order valence-corrected chi connectivity index (χ1v) is 14.4. The summed E-state index contributed by atoms with van der Waals surface area (Å²) in [4.78, 5) is 20.4. The molecule has 15 heteroatoms. The Balaban J connectivity index is 0.00000141. The summed E-state index contributed by atoms with van der Waals surface area (Å²) in [5.41, 5.74) is 8.05. The molecule has 0 aliphatic carbocycles. The van der Waals surface area contributed by atoms with E-state index in [2.05, 4.69) is 15.1 Å². The Labute approximate surface area is 239 Å². The summed E-state index contributed by atoms with van der Waals surface area (Å²) in [5.74, 6) is 0.151. The highest BCUT2D eigenvalue weighted by Gasteiger charge is 2.23. The van der Waals surface area contributed by atoms with Gasteiger partial charge in [0, 0.05) is 6.54 Å². The highest BCUT2D eigenvalue weighted by atomic mass is 35.5. The number of rotatable bonds is 10. The molecule has 4 aromatic rings. The molecule has 0 fully saturated rings. The van der Waals surface area contributed by atoms with Gasteiger partial charge in [-0.05, 0) is 42.3 Å².